The number of rotatable bonds is 5. The predicted molar refractivity (Wildman–Crippen MR) is 98.3 cm³/mol. The Hall–Kier alpha value is -1.26. The summed E-state index contributed by atoms with van der Waals surface area (Å²) in [5.41, 5.74) is 6.95. The van der Waals surface area contributed by atoms with Gasteiger partial charge in [-0.15, -0.1) is 0 Å². The molecule has 2 atom stereocenters. The van der Waals surface area contributed by atoms with E-state index in [9.17, 15) is 4.79 Å². The summed E-state index contributed by atoms with van der Waals surface area (Å²) >= 11 is 5.92. The molecule has 0 bridgehead atoms. The van der Waals surface area contributed by atoms with Crippen LogP contribution in [0.5, 0.6) is 0 Å². The van der Waals surface area contributed by atoms with E-state index in [1.165, 1.54) is 5.56 Å². The molecule has 1 fully saturated rings. The molecule has 5 heteroatoms. The van der Waals surface area contributed by atoms with Gasteiger partial charge in [-0.2, -0.15) is 0 Å². The van der Waals surface area contributed by atoms with Gasteiger partial charge in [-0.05, 0) is 70.6 Å². The number of carbonyl (C=O) groups excluding carboxylic acids is 1. The van der Waals surface area contributed by atoms with Crippen molar-refractivity contribution in [3.05, 3.63) is 34.9 Å². The Balaban J connectivity index is 1.97. The van der Waals surface area contributed by atoms with Crippen LogP contribution in [0.1, 0.15) is 52.0 Å². The predicted octanol–water partition coefficient (Wildman–Crippen LogP) is 4.39. The number of benzene rings is 1. The molecule has 1 aliphatic rings. The molecule has 0 aromatic heterocycles. The lowest BCUT2D eigenvalue weighted by molar-refractivity contribution is 0.0148. The maximum absolute atomic E-state index is 12.6. The summed E-state index contributed by atoms with van der Waals surface area (Å²) in [6.45, 7) is 6.35. The Labute approximate surface area is 150 Å². The fraction of sp³-hybridized carbons (Fsp3) is 0.632. The molecule has 134 valence electrons. The van der Waals surface area contributed by atoms with E-state index in [4.69, 9.17) is 22.1 Å². The third-order valence-electron chi connectivity index (χ3n) is 4.34. The van der Waals surface area contributed by atoms with Crippen molar-refractivity contribution in [1.29, 1.82) is 0 Å². The second-order valence-corrected chi connectivity index (χ2v) is 8.00. The highest BCUT2D eigenvalue weighted by atomic mass is 35.5. The van der Waals surface area contributed by atoms with Crippen molar-refractivity contribution in [2.24, 2.45) is 5.73 Å². The second kappa shape index (κ2) is 8.21. The average Bonchev–Trinajstić information content (AvgIpc) is 2.89. The lowest BCUT2D eigenvalue weighted by atomic mass is 10.1. The summed E-state index contributed by atoms with van der Waals surface area (Å²) in [5, 5.41) is 0.742. The fourth-order valence-corrected chi connectivity index (χ4v) is 3.30. The van der Waals surface area contributed by atoms with Crippen molar-refractivity contribution in [2.45, 2.75) is 70.6 Å². The average molecular weight is 353 g/mol. The van der Waals surface area contributed by atoms with Crippen molar-refractivity contribution >= 4 is 17.7 Å². The highest BCUT2D eigenvalue weighted by Crippen LogP contribution is 2.25. The normalized spacial score (nSPS) is 20.9. The summed E-state index contributed by atoms with van der Waals surface area (Å²) in [4.78, 5) is 14.5. The maximum atomic E-state index is 12.6. The van der Waals surface area contributed by atoms with E-state index in [-0.39, 0.29) is 18.2 Å². The van der Waals surface area contributed by atoms with Crippen molar-refractivity contribution in [1.82, 2.24) is 4.90 Å². The first kappa shape index (κ1) is 19.1. The molecule has 1 saturated carbocycles. The van der Waals surface area contributed by atoms with E-state index in [1.807, 2.05) is 49.9 Å². The molecule has 2 N–H and O–H groups in total. The van der Waals surface area contributed by atoms with Gasteiger partial charge in [-0.25, -0.2) is 4.79 Å². The van der Waals surface area contributed by atoms with E-state index < -0.39 is 5.60 Å². The highest BCUT2D eigenvalue weighted by molar-refractivity contribution is 6.30. The van der Waals surface area contributed by atoms with Crippen LogP contribution in [0.4, 0.5) is 4.79 Å². The van der Waals surface area contributed by atoms with Crippen molar-refractivity contribution in [3.8, 4) is 0 Å². The zero-order valence-corrected chi connectivity index (χ0v) is 15.7. The Morgan fingerprint density at radius 3 is 2.50 bits per heavy atom. The Bertz CT molecular complexity index is 539. The Kier molecular flexibility index (Phi) is 6.53. The largest absolute Gasteiger partial charge is 0.444 e. The molecular formula is C19H29ClN2O2. The SMILES string of the molecule is CC(C)(C)OC(=O)N(CCCc1ccc(Cl)cc1)[C@@H]1CCC[C@H]1N. The molecule has 24 heavy (non-hydrogen) atoms. The van der Waals surface area contributed by atoms with Gasteiger partial charge in [0.05, 0.1) is 6.04 Å². The Morgan fingerprint density at radius 2 is 1.96 bits per heavy atom. The van der Waals surface area contributed by atoms with Gasteiger partial charge in [0.15, 0.2) is 0 Å². The number of aryl methyl sites for hydroxylation is 1. The molecule has 0 spiro atoms. The molecule has 1 aliphatic carbocycles. The Morgan fingerprint density at radius 1 is 1.29 bits per heavy atom. The van der Waals surface area contributed by atoms with Gasteiger partial charge >= 0.3 is 6.09 Å². The van der Waals surface area contributed by atoms with Crippen LogP contribution in [0.15, 0.2) is 24.3 Å². The summed E-state index contributed by atoms with van der Waals surface area (Å²) in [6, 6.07) is 7.99. The van der Waals surface area contributed by atoms with Gasteiger partial charge < -0.3 is 15.4 Å². The molecule has 0 radical (unpaired) electrons. The molecule has 2 rings (SSSR count). The first-order valence-electron chi connectivity index (χ1n) is 8.76. The van der Waals surface area contributed by atoms with Crippen LogP contribution in [0.3, 0.4) is 0 Å². The van der Waals surface area contributed by atoms with Crippen molar-refractivity contribution in [3.63, 3.8) is 0 Å². The van der Waals surface area contributed by atoms with Crippen LogP contribution in [0, 0.1) is 0 Å². The summed E-state index contributed by atoms with van der Waals surface area (Å²) < 4.78 is 5.59. The summed E-state index contributed by atoms with van der Waals surface area (Å²) in [6.07, 6.45) is 4.54. The molecule has 1 aromatic carbocycles. The standard InChI is InChI=1S/C19H29ClN2O2/c1-19(2,3)24-18(23)22(17-8-4-7-16(17)21)13-5-6-14-9-11-15(20)12-10-14/h9-12,16-17H,4-8,13,21H2,1-3H3/t16-,17-/m1/s1. The summed E-state index contributed by atoms with van der Waals surface area (Å²) in [5.74, 6) is 0. The molecule has 0 saturated heterocycles. The zero-order chi connectivity index (χ0) is 17.7. The minimum absolute atomic E-state index is 0.0491. The lowest BCUT2D eigenvalue weighted by Gasteiger charge is -2.33. The number of nitrogens with two attached hydrogens (primary N) is 1. The van der Waals surface area contributed by atoms with Crippen LogP contribution in [0.2, 0.25) is 5.02 Å². The van der Waals surface area contributed by atoms with E-state index in [0.717, 1.165) is 37.1 Å². The van der Waals surface area contributed by atoms with Crippen LogP contribution < -0.4 is 5.73 Å². The van der Waals surface area contributed by atoms with E-state index in [2.05, 4.69) is 0 Å². The first-order chi connectivity index (χ1) is 11.3. The first-order valence-corrected chi connectivity index (χ1v) is 9.14. The van der Waals surface area contributed by atoms with Crippen LogP contribution >= 0.6 is 11.6 Å². The van der Waals surface area contributed by atoms with Gasteiger partial charge in [-0.3, -0.25) is 0 Å². The van der Waals surface area contributed by atoms with Gasteiger partial charge in [0.25, 0.3) is 0 Å². The monoisotopic (exact) mass is 352 g/mol. The molecule has 0 aliphatic heterocycles. The van der Waals surface area contributed by atoms with Gasteiger partial charge in [0, 0.05) is 17.6 Å². The van der Waals surface area contributed by atoms with Crippen LogP contribution in [-0.4, -0.2) is 35.2 Å². The number of ether oxygens (including phenoxy) is 1. The molecule has 0 heterocycles. The smallest absolute Gasteiger partial charge is 0.410 e. The molecule has 4 nitrogen and oxygen atoms in total. The third kappa shape index (κ3) is 5.67. The molecule has 0 unspecified atom stereocenters. The molecule has 1 amide bonds. The van der Waals surface area contributed by atoms with Gasteiger partial charge in [-0.1, -0.05) is 23.7 Å². The number of halogens is 1. The number of nitrogens with zero attached hydrogens (tertiary/aromatic N) is 1. The van der Waals surface area contributed by atoms with Crippen molar-refractivity contribution < 1.29 is 9.53 Å². The third-order valence-corrected chi connectivity index (χ3v) is 4.59. The zero-order valence-electron chi connectivity index (χ0n) is 14.9. The number of hydrogen-bond donors (Lipinski definition) is 1. The van der Waals surface area contributed by atoms with Gasteiger partial charge in [0.1, 0.15) is 5.60 Å². The number of amides is 1. The van der Waals surface area contributed by atoms with E-state index in [1.54, 1.807) is 0 Å². The second-order valence-electron chi connectivity index (χ2n) is 7.57. The highest BCUT2D eigenvalue weighted by Gasteiger charge is 2.34. The van der Waals surface area contributed by atoms with Crippen LogP contribution in [-0.2, 0) is 11.2 Å². The molecular weight excluding hydrogens is 324 g/mol. The quantitative estimate of drug-likeness (QED) is 0.855. The minimum Gasteiger partial charge on any atom is -0.444 e. The maximum Gasteiger partial charge on any atom is 0.410 e. The minimum atomic E-state index is -0.492. The summed E-state index contributed by atoms with van der Waals surface area (Å²) in [7, 11) is 0. The van der Waals surface area contributed by atoms with Gasteiger partial charge in [0.2, 0.25) is 0 Å². The van der Waals surface area contributed by atoms with E-state index in [0.29, 0.717) is 6.54 Å². The van der Waals surface area contributed by atoms with Crippen molar-refractivity contribution in [2.75, 3.05) is 6.54 Å². The lowest BCUT2D eigenvalue weighted by Crippen LogP contribution is -2.49. The van der Waals surface area contributed by atoms with Crippen LogP contribution in [0.25, 0.3) is 0 Å². The fourth-order valence-electron chi connectivity index (χ4n) is 3.17. The topological polar surface area (TPSA) is 55.6 Å². The van der Waals surface area contributed by atoms with E-state index >= 15 is 0 Å². The molecule has 1 aromatic rings. The number of hydrogen-bond acceptors (Lipinski definition) is 3. The number of carbonyl (C=O) groups is 1.